The number of hydrogen-bond donors (Lipinski definition) is 2. The number of hydrogen-bond acceptors (Lipinski definition) is 5. The Labute approximate surface area is 201 Å². The van der Waals surface area contributed by atoms with E-state index in [0.717, 1.165) is 55.6 Å². The van der Waals surface area contributed by atoms with Crippen LogP contribution in [0.3, 0.4) is 0 Å². The number of ether oxygens (including phenoxy) is 1. The van der Waals surface area contributed by atoms with E-state index in [-0.39, 0.29) is 42.5 Å². The van der Waals surface area contributed by atoms with Crippen LogP contribution in [0.1, 0.15) is 52.9 Å². The molecule has 3 heterocycles. The van der Waals surface area contributed by atoms with Crippen molar-refractivity contribution in [2.24, 2.45) is 5.92 Å². The number of halogens is 1. The monoisotopic (exact) mass is 485 g/mol. The number of benzene rings is 1. The highest BCUT2D eigenvalue weighted by molar-refractivity contribution is 7.17. The van der Waals surface area contributed by atoms with Gasteiger partial charge < -0.3 is 20.3 Å². The summed E-state index contributed by atoms with van der Waals surface area (Å²) < 4.78 is 19.8. The van der Waals surface area contributed by atoms with Crippen LogP contribution in [-0.2, 0) is 27.2 Å². The van der Waals surface area contributed by atoms with E-state index in [9.17, 15) is 18.8 Å². The van der Waals surface area contributed by atoms with Crippen molar-refractivity contribution >= 4 is 39.7 Å². The van der Waals surface area contributed by atoms with Crippen LogP contribution in [0, 0.1) is 11.7 Å². The van der Waals surface area contributed by atoms with Crippen molar-refractivity contribution in [3.63, 3.8) is 0 Å². The van der Waals surface area contributed by atoms with Gasteiger partial charge in [0.05, 0.1) is 23.3 Å². The van der Waals surface area contributed by atoms with Crippen molar-refractivity contribution in [3.05, 3.63) is 46.1 Å². The Morgan fingerprint density at radius 1 is 1.18 bits per heavy atom. The SMILES string of the molecule is O=C(NCC1CCCO1)c1c(NC(=O)C2CC(=O)N(c3ccccc3F)C2)sc2c1CCCC2. The molecule has 2 fully saturated rings. The maximum Gasteiger partial charge on any atom is 0.254 e. The minimum Gasteiger partial charge on any atom is -0.376 e. The zero-order valence-electron chi connectivity index (χ0n) is 18.9. The number of fused-ring (bicyclic) bond motifs is 1. The highest BCUT2D eigenvalue weighted by atomic mass is 32.1. The van der Waals surface area contributed by atoms with E-state index in [0.29, 0.717) is 17.1 Å². The van der Waals surface area contributed by atoms with Gasteiger partial charge in [-0.2, -0.15) is 0 Å². The number of nitrogens with zero attached hydrogens (tertiary/aromatic N) is 1. The van der Waals surface area contributed by atoms with E-state index in [1.54, 1.807) is 12.1 Å². The molecule has 2 aromatic rings. The maximum atomic E-state index is 14.2. The molecule has 7 nitrogen and oxygen atoms in total. The zero-order chi connectivity index (χ0) is 23.7. The average Bonchev–Trinajstić information content (AvgIpc) is 3.56. The normalized spacial score (nSPS) is 22.0. The van der Waals surface area contributed by atoms with Gasteiger partial charge >= 0.3 is 0 Å². The van der Waals surface area contributed by atoms with Crippen molar-refractivity contribution < 1.29 is 23.5 Å². The third-order valence-corrected chi connectivity index (χ3v) is 8.00. The maximum absolute atomic E-state index is 14.2. The summed E-state index contributed by atoms with van der Waals surface area (Å²) in [6.07, 6.45) is 5.75. The number of para-hydroxylation sites is 1. The van der Waals surface area contributed by atoms with Crippen LogP contribution in [-0.4, -0.2) is 43.5 Å². The Kier molecular flexibility index (Phi) is 6.65. The first-order chi connectivity index (χ1) is 16.5. The van der Waals surface area contributed by atoms with Crippen LogP contribution < -0.4 is 15.5 Å². The third kappa shape index (κ3) is 4.59. The Bertz CT molecular complexity index is 1110. The van der Waals surface area contributed by atoms with Crippen LogP contribution in [0.5, 0.6) is 0 Å². The van der Waals surface area contributed by atoms with Gasteiger partial charge in [-0.05, 0) is 56.2 Å². The minimum absolute atomic E-state index is 0.00576. The second kappa shape index (κ2) is 9.84. The number of rotatable bonds is 6. The first-order valence-electron chi connectivity index (χ1n) is 11.9. The highest BCUT2D eigenvalue weighted by Crippen LogP contribution is 2.39. The molecule has 2 aliphatic heterocycles. The lowest BCUT2D eigenvalue weighted by Crippen LogP contribution is -2.33. The lowest BCUT2D eigenvalue weighted by Gasteiger charge is -2.17. The van der Waals surface area contributed by atoms with E-state index in [1.165, 1.54) is 28.4 Å². The Morgan fingerprint density at radius 3 is 2.79 bits per heavy atom. The van der Waals surface area contributed by atoms with Crippen LogP contribution >= 0.6 is 11.3 Å². The van der Waals surface area contributed by atoms with Gasteiger partial charge in [0.15, 0.2) is 0 Å². The molecule has 2 saturated heterocycles. The van der Waals surface area contributed by atoms with E-state index in [1.807, 2.05) is 0 Å². The largest absolute Gasteiger partial charge is 0.376 e. The molecule has 1 aromatic heterocycles. The van der Waals surface area contributed by atoms with Gasteiger partial charge in [-0.1, -0.05) is 12.1 Å². The highest BCUT2D eigenvalue weighted by Gasteiger charge is 2.37. The number of aryl methyl sites for hydroxylation is 1. The van der Waals surface area contributed by atoms with E-state index in [4.69, 9.17) is 4.74 Å². The molecule has 9 heteroatoms. The van der Waals surface area contributed by atoms with Crippen molar-refractivity contribution in [1.82, 2.24) is 5.32 Å². The van der Waals surface area contributed by atoms with Crippen LogP contribution in [0.15, 0.2) is 24.3 Å². The van der Waals surface area contributed by atoms with Crippen LogP contribution in [0.2, 0.25) is 0 Å². The van der Waals surface area contributed by atoms with Crippen LogP contribution in [0.25, 0.3) is 0 Å². The molecule has 0 bridgehead atoms. The summed E-state index contributed by atoms with van der Waals surface area (Å²) in [5.74, 6) is -1.91. The minimum atomic E-state index is -0.617. The molecule has 2 N–H and O–H groups in total. The van der Waals surface area contributed by atoms with Gasteiger partial charge in [0, 0.05) is 31.0 Å². The molecular weight excluding hydrogens is 457 g/mol. The molecule has 1 aromatic carbocycles. The standard InChI is InChI=1S/C25H28FN3O4S/c26-18-8-2-3-9-19(18)29-14-15(12-21(29)30)23(31)28-25-22(17-7-1-4-10-20(17)34-25)24(32)27-13-16-6-5-11-33-16/h2-3,8-9,15-16H,1,4-7,10-14H2,(H,27,32)(H,28,31). The summed E-state index contributed by atoms with van der Waals surface area (Å²) in [5, 5.41) is 6.47. The molecule has 3 aliphatic rings. The van der Waals surface area contributed by atoms with Crippen molar-refractivity contribution in [2.75, 3.05) is 29.9 Å². The van der Waals surface area contributed by atoms with Gasteiger partial charge in [-0.3, -0.25) is 14.4 Å². The summed E-state index contributed by atoms with van der Waals surface area (Å²) in [7, 11) is 0. The lowest BCUT2D eigenvalue weighted by atomic mass is 9.95. The Hall–Kier alpha value is -2.78. The molecule has 2 unspecified atom stereocenters. The lowest BCUT2D eigenvalue weighted by molar-refractivity contribution is -0.122. The number of nitrogens with one attached hydrogen (secondary N) is 2. The summed E-state index contributed by atoms with van der Waals surface area (Å²) in [6, 6.07) is 6.06. The second-order valence-electron chi connectivity index (χ2n) is 9.11. The summed E-state index contributed by atoms with van der Waals surface area (Å²) in [4.78, 5) is 41.3. The predicted molar refractivity (Wildman–Crippen MR) is 128 cm³/mol. The fourth-order valence-corrected chi connectivity index (χ4v) is 6.28. The molecule has 5 rings (SSSR count). The van der Waals surface area contributed by atoms with Gasteiger partial charge in [0.2, 0.25) is 11.8 Å². The van der Waals surface area contributed by atoms with E-state index >= 15 is 0 Å². The molecule has 180 valence electrons. The van der Waals surface area contributed by atoms with Gasteiger partial charge in [-0.15, -0.1) is 11.3 Å². The van der Waals surface area contributed by atoms with Crippen LogP contribution in [0.4, 0.5) is 15.1 Å². The zero-order valence-corrected chi connectivity index (χ0v) is 19.7. The quantitative estimate of drug-likeness (QED) is 0.654. The summed E-state index contributed by atoms with van der Waals surface area (Å²) in [6.45, 7) is 1.28. The summed E-state index contributed by atoms with van der Waals surface area (Å²) in [5.41, 5.74) is 1.75. The number of anilines is 2. The topological polar surface area (TPSA) is 87.7 Å². The number of carbonyl (C=O) groups is 3. The van der Waals surface area contributed by atoms with Crippen molar-refractivity contribution in [2.45, 2.75) is 51.0 Å². The number of amides is 3. The number of carbonyl (C=O) groups excluding carboxylic acids is 3. The fourth-order valence-electron chi connectivity index (χ4n) is 5.00. The van der Waals surface area contributed by atoms with Gasteiger partial charge in [-0.25, -0.2) is 4.39 Å². The first kappa shape index (κ1) is 23.0. The van der Waals surface area contributed by atoms with Gasteiger partial charge in [0.25, 0.3) is 5.91 Å². The fraction of sp³-hybridized carbons (Fsp3) is 0.480. The van der Waals surface area contributed by atoms with Crippen molar-refractivity contribution in [3.8, 4) is 0 Å². The predicted octanol–water partition coefficient (Wildman–Crippen LogP) is 3.67. The van der Waals surface area contributed by atoms with E-state index < -0.39 is 11.7 Å². The van der Waals surface area contributed by atoms with Crippen molar-refractivity contribution in [1.29, 1.82) is 0 Å². The average molecular weight is 486 g/mol. The third-order valence-electron chi connectivity index (χ3n) is 6.79. The molecule has 1 aliphatic carbocycles. The molecule has 0 radical (unpaired) electrons. The summed E-state index contributed by atoms with van der Waals surface area (Å²) >= 11 is 1.45. The molecular formula is C25H28FN3O4S. The van der Waals surface area contributed by atoms with E-state index in [2.05, 4.69) is 10.6 Å². The Balaban J connectivity index is 1.32. The first-order valence-corrected chi connectivity index (χ1v) is 12.7. The smallest absolute Gasteiger partial charge is 0.254 e. The molecule has 0 saturated carbocycles. The molecule has 2 atom stereocenters. The number of thiophene rings is 1. The second-order valence-corrected chi connectivity index (χ2v) is 10.2. The Morgan fingerprint density at radius 2 is 2.00 bits per heavy atom. The van der Waals surface area contributed by atoms with Gasteiger partial charge in [0.1, 0.15) is 10.8 Å². The molecule has 34 heavy (non-hydrogen) atoms. The molecule has 0 spiro atoms. The molecule has 3 amide bonds.